The SMILES string of the molecule is Cc1cc(C(=O)NC2CCS(=O)CC2)cc(S(N)(=O)=O)c1. The lowest BCUT2D eigenvalue weighted by Gasteiger charge is -2.22. The van der Waals surface area contributed by atoms with Gasteiger partial charge < -0.3 is 5.32 Å². The summed E-state index contributed by atoms with van der Waals surface area (Å²) < 4.78 is 34.1. The Hall–Kier alpha value is -1.25. The maximum absolute atomic E-state index is 12.2. The minimum absolute atomic E-state index is 0.0198. The predicted molar refractivity (Wildman–Crippen MR) is 80.9 cm³/mol. The van der Waals surface area contributed by atoms with Crippen LogP contribution in [0.3, 0.4) is 0 Å². The molecule has 1 heterocycles. The van der Waals surface area contributed by atoms with E-state index in [-0.39, 0.29) is 22.4 Å². The first kappa shape index (κ1) is 16.1. The van der Waals surface area contributed by atoms with Crippen LogP contribution in [0, 0.1) is 6.92 Å². The molecule has 2 rings (SSSR count). The molecule has 1 fully saturated rings. The summed E-state index contributed by atoms with van der Waals surface area (Å²) in [5, 5.41) is 7.95. The van der Waals surface area contributed by atoms with Crippen molar-refractivity contribution in [2.24, 2.45) is 5.14 Å². The van der Waals surface area contributed by atoms with E-state index < -0.39 is 20.8 Å². The van der Waals surface area contributed by atoms with Gasteiger partial charge in [0.1, 0.15) is 0 Å². The van der Waals surface area contributed by atoms with Gasteiger partial charge in [0, 0.05) is 33.9 Å². The summed E-state index contributed by atoms with van der Waals surface area (Å²) in [5.41, 5.74) is 0.919. The molecule has 1 aliphatic heterocycles. The van der Waals surface area contributed by atoms with E-state index in [0.29, 0.717) is 29.9 Å². The fourth-order valence-corrected chi connectivity index (χ4v) is 4.19. The molecule has 8 heteroatoms. The predicted octanol–water partition coefficient (Wildman–Crippen LogP) is 0.283. The lowest BCUT2D eigenvalue weighted by molar-refractivity contribution is 0.0934. The Morgan fingerprint density at radius 2 is 1.90 bits per heavy atom. The number of primary sulfonamides is 1. The van der Waals surface area contributed by atoms with Crippen LogP contribution in [-0.2, 0) is 20.8 Å². The van der Waals surface area contributed by atoms with Crippen LogP contribution in [0.1, 0.15) is 28.8 Å². The number of nitrogens with one attached hydrogen (secondary N) is 1. The monoisotopic (exact) mass is 330 g/mol. The first-order valence-corrected chi connectivity index (χ1v) is 9.59. The van der Waals surface area contributed by atoms with Gasteiger partial charge in [-0.1, -0.05) is 0 Å². The van der Waals surface area contributed by atoms with Crippen molar-refractivity contribution in [3.05, 3.63) is 29.3 Å². The van der Waals surface area contributed by atoms with E-state index >= 15 is 0 Å². The standard InChI is InChI=1S/C13H18N2O4S2/c1-9-6-10(8-12(7-9)21(14,18)19)13(16)15-11-2-4-20(17)5-3-11/h6-8,11H,2-5H2,1H3,(H,15,16)(H2,14,18,19). The van der Waals surface area contributed by atoms with Crippen LogP contribution in [0.4, 0.5) is 0 Å². The van der Waals surface area contributed by atoms with Gasteiger partial charge in [-0.05, 0) is 43.5 Å². The minimum Gasteiger partial charge on any atom is -0.349 e. The molecule has 0 radical (unpaired) electrons. The Morgan fingerprint density at radius 3 is 2.48 bits per heavy atom. The summed E-state index contributed by atoms with van der Waals surface area (Å²) in [6.07, 6.45) is 1.35. The summed E-state index contributed by atoms with van der Waals surface area (Å²) in [4.78, 5) is 12.1. The average Bonchev–Trinajstić information content (AvgIpc) is 2.39. The van der Waals surface area contributed by atoms with Crippen LogP contribution in [-0.4, -0.2) is 36.1 Å². The van der Waals surface area contributed by atoms with Crippen molar-refractivity contribution in [2.75, 3.05) is 11.5 Å². The normalized spacial score (nSPS) is 22.8. The van der Waals surface area contributed by atoms with Gasteiger partial charge in [-0.2, -0.15) is 0 Å². The third kappa shape index (κ3) is 4.36. The molecule has 116 valence electrons. The molecule has 1 aromatic carbocycles. The van der Waals surface area contributed by atoms with Crippen molar-refractivity contribution in [3.8, 4) is 0 Å². The van der Waals surface area contributed by atoms with E-state index in [4.69, 9.17) is 5.14 Å². The number of nitrogens with two attached hydrogens (primary N) is 1. The van der Waals surface area contributed by atoms with Crippen LogP contribution in [0.25, 0.3) is 0 Å². The van der Waals surface area contributed by atoms with E-state index in [2.05, 4.69) is 5.32 Å². The smallest absolute Gasteiger partial charge is 0.251 e. The summed E-state index contributed by atoms with van der Waals surface area (Å²) >= 11 is 0. The highest BCUT2D eigenvalue weighted by Crippen LogP contribution is 2.15. The summed E-state index contributed by atoms with van der Waals surface area (Å²) in [5.74, 6) is 0.837. The highest BCUT2D eigenvalue weighted by atomic mass is 32.2. The first-order valence-electron chi connectivity index (χ1n) is 6.56. The van der Waals surface area contributed by atoms with Gasteiger partial charge >= 0.3 is 0 Å². The average molecular weight is 330 g/mol. The Balaban J connectivity index is 2.16. The third-order valence-electron chi connectivity index (χ3n) is 3.36. The number of aryl methyl sites for hydroxylation is 1. The quantitative estimate of drug-likeness (QED) is 0.830. The lowest BCUT2D eigenvalue weighted by Crippen LogP contribution is -2.39. The molecule has 1 aromatic rings. The molecular weight excluding hydrogens is 312 g/mol. The van der Waals surface area contributed by atoms with Gasteiger partial charge in [-0.25, -0.2) is 13.6 Å². The first-order chi connectivity index (χ1) is 9.75. The van der Waals surface area contributed by atoms with E-state index in [0.717, 1.165) is 0 Å². The van der Waals surface area contributed by atoms with Gasteiger partial charge in [0.2, 0.25) is 10.0 Å². The fourth-order valence-electron chi connectivity index (χ4n) is 2.25. The summed E-state index contributed by atoms with van der Waals surface area (Å²) in [7, 11) is -4.63. The molecule has 0 aliphatic carbocycles. The van der Waals surface area contributed by atoms with Crippen LogP contribution in [0.2, 0.25) is 0 Å². The number of hydrogen-bond donors (Lipinski definition) is 2. The minimum atomic E-state index is -3.84. The van der Waals surface area contributed by atoms with Crippen molar-refractivity contribution < 1.29 is 17.4 Å². The van der Waals surface area contributed by atoms with E-state index in [1.807, 2.05) is 0 Å². The second-order valence-corrected chi connectivity index (χ2v) is 8.43. The van der Waals surface area contributed by atoms with Gasteiger partial charge in [0.05, 0.1) is 4.90 Å². The van der Waals surface area contributed by atoms with Crippen LogP contribution in [0.5, 0.6) is 0 Å². The zero-order valence-electron chi connectivity index (χ0n) is 11.7. The molecule has 6 nitrogen and oxygen atoms in total. The van der Waals surface area contributed by atoms with Crippen molar-refractivity contribution in [1.82, 2.24) is 5.32 Å². The van der Waals surface area contributed by atoms with Crippen LogP contribution < -0.4 is 10.5 Å². The molecule has 3 N–H and O–H groups in total. The van der Waals surface area contributed by atoms with Crippen molar-refractivity contribution in [2.45, 2.75) is 30.7 Å². The molecule has 0 aromatic heterocycles. The molecule has 21 heavy (non-hydrogen) atoms. The van der Waals surface area contributed by atoms with Crippen molar-refractivity contribution in [3.63, 3.8) is 0 Å². The molecule has 0 spiro atoms. The second kappa shape index (κ2) is 6.25. The summed E-state index contributed by atoms with van der Waals surface area (Å²) in [6, 6.07) is 4.30. The number of rotatable bonds is 3. The zero-order chi connectivity index (χ0) is 15.6. The molecular formula is C13H18N2O4S2. The second-order valence-electron chi connectivity index (χ2n) is 5.18. The van der Waals surface area contributed by atoms with Crippen LogP contribution >= 0.6 is 0 Å². The highest BCUT2D eigenvalue weighted by Gasteiger charge is 2.21. The molecule has 0 saturated carbocycles. The lowest BCUT2D eigenvalue weighted by atomic mass is 10.1. The number of carbonyl (C=O) groups excluding carboxylic acids is 1. The maximum Gasteiger partial charge on any atom is 0.251 e. The van der Waals surface area contributed by atoms with E-state index in [9.17, 15) is 17.4 Å². The van der Waals surface area contributed by atoms with E-state index in [1.165, 1.54) is 12.1 Å². The number of benzene rings is 1. The van der Waals surface area contributed by atoms with Gasteiger partial charge in [0.25, 0.3) is 5.91 Å². The largest absolute Gasteiger partial charge is 0.349 e. The third-order valence-corrected chi connectivity index (χ3v) is 5.64. The number of amides is 1. The number of hydrogen-bond acceptors (Lipinski definition) is 4. The Kier molecular flexibility index (Phi) is 4.80. The van der Waals surface area contributed by atoms with Gasteiger partial charge in [-0.3, -0.25) is 9.00 Å². The van der Waals surface area contributed by atoms with E-state index in [1.54, 1.807) is 13.0 Å². The molecule has 0 atom stereocenters. The highest BCUT2D eigenvalue weighted by molar-refractivity contribution is 7.89. The Morgan fingerprint density at radius 1 is 1.29 bits per heavy atom. The van der Waals surface area contributed by atoms with Crippen LogP contribution in [0.15, 0.2) is 23.1 Å². The maximum atomic E-state index is 12.2. The Bertz CT molecular complexity index is 675. The molecule has 1 aliphatic rings. The van der Waals surface area contributed by atoms with Gasteiger partial charge in [0.15, 0.2) is 0 Å². The molecule has 0 unspecified atom stereocenters. The zero-order valence-corrected chi connectivity index (χ0v) is 13.3. The molecule has 1 amide bonds. The molecule has 0 bridgehead atoms. The Labute approximate surface area is 126 Å². The topological polar surface area (TPSA) is 106 Å². The summed E-state index contributed by atoms with van der Waals surface area (Å²) in [6.45, 7) is 1.70. The molecule has 1 saturated heterocycles. The van der Waals surface area contributed by atoms with Gasteiger partial charge in [-0.15, -0.1) is 0 Å². The number of carbonyl (C=O) groups is 1. The van der Waals surface area contributed by atoms with Crippen molar-refractivity contribution >= 4 is 26.7 Å². The van der Waals surface area contributed by atoms with Crippen molar-refractivity contribution in [1.29, 1.82) is 0 Å². The number of sulfonamides is 1. The fraction of sp³-hybridized carbons (Fsp3) is 0.462.